The van der Waals surface area contributed by atoms with E-state index in [0.717, 1.165) is 6.42 Å². The van der Waals surface area contributed by atoms with Gasteiger partial charge in [-0.1, -0.05) is 71.3 Å². The number of ether oxygens (including phenoxy) is 2. The van der Waals surface area contributed by atoms with Crippen molar-refractivity contribution in [3.05, 3.63) is 12.2 Å². The molecule has 0 saturated carbocycles. The molecular weight excluding hydrogens is 467 g/mol. The quantitative estimate of drug-likeness (QED) is 0.0983. The van der Waals surface area contributed by atoms with Gasteiger partial charge in [-0.25, -0.2) is 4.79 Å². The number of esters is 2. The molecule has 198 valence electrons. The molecule has 0 amide bonds. The first-order valence-corrected chi connectivity index (χ1v) is 15.1. The second-order valence-electron chi connectivity index (χ2n) is 8.41. The summed E-state index contributed by atoms with van der Waals surface area (Å²) in [5.41, 5.74) is 0.488. The fourth-order valence-electron chi connectivity index (χ4n) is 3.01. The molecule has 0 aliphatic heterocycles. The summed E-state index contributed by atoms with van der Waals surface area (Å²) in [5, 5.41) is 0. The molecule has 0 radical (unpaired) electrons. The Labute approximate surface area is 217 Å². The topological polar surface area (TPSA) is 80.3 Å². The van der Waals surface area contributed by atoms with Crippen molar-refractivity contribution in [2.24, 2.45) is 0 Å². The van der Waals surface area contributed by atoms with Gasteiger partial charge in [0, 0.05) is 5.57 Å². The van der Waals surface area contributed by atoms with Crippen LogP contribution in [0.3, 0.4) is 0 Å². The Balaban J connectivity index is 0. The monoisotopic (exact) mass is 516 g/mol. The second kappa shape index (κ2) is 23.9. The number of hydrogen-bond acceptors (Lipinski definition) is 7. The third-order valence-corrected chi connectivity index (χ3v) is 8.34. The van der Waals surface area contributed by atoms with Crippen molar-refractivity contribution < 1.29 is 32.3 Å². The molecule has 0 aliphatic rings. The molecule has 34 heavy (non-hydrogen) atoms. The van der Waals surface area contributed by atoms with Gasteiger partial charge >= 0.3 is 111 Å². The zero-order chi connectivity index (χ0) is 26.2. The molecule has 0 spiro atoms. The minimum atomic E-state index is -2.51. The minimum absolute atomic E-state index is 0.252. The van der Waals surface area contributed by atoms with Crippen LogP contribution in [0.2, 0.25) is 6.04 Å². The van der Waals surface area contributed by atoms with Crippen molar-refractivity contribution in [3.8, 4) is 0 Å². The van der Waals surface area contributed by atoms with Gasteiger partial charge in [-0.05, 0) is 13.3 Å². The summed E-state index contributed by atoms with van der Waals surface area (Å²) in [6.45, 7) is 10.1. The first-order valence-electron chi connectivity index (χ1n) is 12.5. The van der Waals surface area contributed by atoms with Crippen molar-refractivity contribution in [3.63, 3.8) is 0 Å². The molecule has 0 bridgehead atoms. The zero-order valence-corrected chi connectivity index (χ0v) is 25.1. The van der Waals surface area contributed by atoms with E-state index in [-0.39, 0.29) is 11.9 Å². The van der Waals surface area contributed by atoms with Crippen molar-refractivity contribution in [1.82, 2.24) is 0 Å². The molecule has 0 unspecified atom stereocenters. The van der Waals surface area contributed by atoms with Crippen LogP contribution in [0.15, 0.2) is 12.2 Å². The van der Waals surface area contributed by atoms with Crippen LogP contribution in [0, 0.1) is 0 Å². The van der Waals surface area contributed by atoms with E-state index < -0.39 is 8.80 Å². The summed E-state index contributed by atoms with van der Waals surface area (Å²) in [6, 6.07) is 0.634. The third-order valence-electron chi connectivity index (χ3n) is 5.22. The summed E-state index contributed by atoms with van der Waals surface area (Å²) in [5.74, 6) is -0.510. The average Bonchev–Trinajstić information content (AvgIpc) is 2.83. The van der Waals surface area contributed by atoms with Gasteiger partial charge in [0.05, 0.1) is 6.61 Å². The fourth-order valence-corrected chi connectivity index (χ4v) is 4.80. The van der Waals surface area contributed by atoms with Gasteiger partial charge < -0.3 is 4.74 Å². The van der Waals surface area contributed by atoms with Crippen LogP contribution < -0.4 is 0 Å². The molecule has 0 atom stereocenters. The Morgan fingerprint density at radius 1 is 0.706 bits per heavy atom. The van der Waals surface area contributed by atoms with E-state index in [1.54, 1.807) is 35.2 Å². The van der Waals surface area contributed by atoms with Gasteiger partial charge in [-0.2, -0.15) is 0 Å². The van der Waals surface area contributed by atoms with E-state index in [4.69, 9.17) is 22.8 Å². The van der Waals surface area contributed by atoms with Gasteiger partial charge in [0.15, 0.2) is 0 Å². The molecule has 7 nitrogen and oxygen atoms in total. The molecule has 9 heteroatoms. The van der Waals surface area contributed by atoms with Gasteiger partial charge in [0.2, 0.25) is 0 Å². The summed E-state index contributed by atoms with van der Waals surface area (Å²) >= 11 is 1.53. The molecule has 0 aliphatic carbocycles. The summed E-state index contributed by atoms with van der Waals surface area (Å²) in [6.07, 6.45) is 13.6. The van der Waals surface area contributed by atoms with E-state index in [1.807, 2.05) is 0 Å². The van der Waals surface area contributed by atoms with Crippen LogP contribution in [-0.4, -0.2) is 75.5 Å². The number of rotatable bonds is 20. The molecule has 0 saturated heterocycles. The standard InChI is InChI=1S/C16H30O2.C9H18O5Si.Al.H/c1-4-5-6-7-8-9-10-11-12-13-14-18-16(17)15(2)3;1-5-9(10)14-7-6-8-15(11-2,12-3)13-4;;/h2,4-14H2,1,3H3;6-8H2,1-4H3;;. The maximum atomic E-state index is 11.1. The predicted octanol–water partition coefficient (Wildman–Crippen LogP) is 4.92. The van der Waals surface area contributed by atoms with E-state index in [2.05, 4.69) is 13.5 Å². The predicted molar refractivity (Wildman–Crippen MR) is 143 cm³/mol. The molecule has 0 aromatic heterocycles. The molecule has 0 aromatic carbocycles. The number of carbonyl (C=O) groups excluding carboxylic acids is 2. The Morgan fingerprint density at radius 2 is 1.12 bits per heavy atom. The molecular formula is C25H49AlO7Si. The van der Waals surface area contributed by atoms with Crippen LogP contribution in [0.1, 0.15) is 91.4 Å². The van der Waals surface area contributed by atoms with E-state index in [1.165, 1.54) is 73.6 Å². The Morgan fingerprint density at radius 3 is 1.53 bits per heavy atom. The molecule has 0 aromatic rings. The van der Waals surface area contributed by atoms with E-state index in [9.17, 15) is 9.59 Å². The van der Waals surface area contributed by atoms with Gasteiger partial charge in [0.1, 0.15) is 0 Å². The molecule has 0 heterocycles. The normalized spacial score (nSPS) is 10.7. The number of hydrogen-bond donors (Lipinski definition) is 0. The van der Waals surface area contributed by atoms with E-state index >= 15 is 0 Å². The van der Waals surface area contributed by atoms with Crippen molar-refractivity contribution >= 4 is 41.0 Å². The summed E-state index contributed by atoms with van der Waals surface area (Å²) in [7, 11) is 2.18. The Hall–Kier alpha value is -0.821. The van der Waals surface area contributed by atoms with Crippen LogP contribution in [0.25, 0.3) is 0 Å². The van der Waals surface area contributed by atoms with Gasteiger partial charge in [0.25, 0.3) is 0 Å². The van der Waals surface area contributed by atoms with Gasteiger partial charge in [-0.3, -0.25) is 0 Å². The van der Waals surface area contributed by atoms with Crippen LogP contribution in [-0.2, 0) is 32.3 Å². The van der Waals surface area contributed by atoms with Crippen molar-refractivity contribution in [1.29, 1.82) is 0 Å². The summed E-state index contributed by atoms with van der Waals surface area (Å²) < 4.78 is 26.5. The van der Waals surface area contributed by atoms with Gasteiger partial charge in [-0.15, -0.1) is 0 Å². The molecule has 0 fully saturated rings. The van der Waals surface area contributed by atoms with Crippen LogP contribution in [0.5, 0.6) is 0 Å². The second-order valence-corrected chi connectivity index (χ2v) is 12.6. The summed E-state index contributed by atoms with van der Waals surface area (Å²) in [4.78, 5) is 22.2. The number of unbranched alkanes of at least 4 members (excludes halogenated alkanes) is 9. The van der Waals surface area contributed by atoms with E-state index in [0.29, 0.717) is 35.6 Å². The van der Waals surface area contributed by atoms with Crippen molar-refractivity contribution in [2.45, 2.75) is 97.4 Å². The zero-order valence-electron chi connectivity index (χ0n) is 22.7. The first-order chi connectivity index (χ1) is 16.2. The molecule has 0 N–H and O–H groups in total. The maximum absolute atomic E-state index is 11.1. The Bertz CT molecular complexity index is 557. The SMILES string of the molecule is C=C(C)C(=O)OCCCCCCCCCCCC.CO[Si](CCCOC(=O)[C](C)=[AlH])(OC)OC. The fraction of sp³-hybridized carbons (Fsp3) is 0.800. The average molecular weight is 517 g/mol. The molecule has 0 rings (SSSR count). The number of carbonyl (C=O) groups is 2. The van der Waals surface area contributed by atoms with Crippen LogP contribution >= 0.6 is 0 Å². The first kappa shape index (κ1) is 35.3. The van der Waals surface area contributed by atoms with Crippen LogP contribution in [0.4, 0.5) is 0 Å². The van der Waals surface area contributed by atoms with Crippen molar-refractivity contribution in [2.75, 3.05) is 34.5 Å². The third kappa shape index (κ3) is 20.5. The Kier molecular flexibility index (Phi) is 24.8.